The third kappa shape index (κ3) is 9.13. The molecule has 0 bridgehead atoms. The fourth-order valence-electron chi connectivity index (χ4n) is 5.27. The Kier molecular flexibility index (Phi) is 11.6. The Bertz CT molecular complexity index is 1190. The van der Waals surface area contributed by atoms with E-state index in [1.54, 1.807) is 12.4 Å². The maximum atomic E-state index is 13.5. The summed E-state index contributed by atoms with van der Waals surface area (Å²) in [6, 6.07) is 8.15. The molecule has 6 heteroatoms. The maximum absolute atomic E-state index is 13.5. The Hall–Kier alpha value is -2.24. The van der Waals surface area contributed by atoms with E-state index < -0.39 is 0 Å². The van der Waals surface area contributed by atoms with Crippen LogP contribution in [0.2, 0.25) is 0 Å². The number of hydrogen-bond donors (Lipinski definition) is 0. The average molecular weight is 612 g/mol. The van der Waals surface area contributed by atoms with Crippen molar-refractivity contribution in [3.63, 3.8) is 0 Å². The molecule has 0 spiro atoms. The molecule has 2 atom stereocenters. The fourth-order valence-corrected chi connectivity index (χ4v) is 5.27. The molecule has 0 N–H and O–H groups in total. The number of aliphatic imine (C=N–C) groups is 2. The quantitative estimate of drug-likeness (QED) is 0.331. The second kappa shape index (κ2) is 13.6. The Morgan fingerprint density at radius 2 is 0.905 bits per heavy atom. The molecule has 0 radical (unpaired) electrons. The molecule has 42 heavy (non-hydrogen) atoms. The molecule has 1 fully saturated rings. The van der Waals surface area contributed by atoms with Crippen LogP contribution < -0.4 is 10.2 Å². The van der Waals surface area contributed by atoms with Gasteiger partial charge in [-0.15, -0.1) is 0 Å². The normalized spacial score (nSPS) is 18.8. The Morgan fingerprint density at radius 1 is 0.595 bits per heavy atom. The Labute approximate surface area is 264 Å². The first-order chi connectivity index (χ1) is 19.2. The summed E-state index contributed by atoms with van der Waals surface area (Å²) in [6.45, 7) is 25.6. The van der Waals surface area contributed by atoms with Gasteiger partial charge in [0.1, 0.15) is 0 Å². The molecule has 229 valence electrons. The first-order valence-electron chi connectivity index (χ1n) is 15.2. The van der Waals surface area contributed by atoms with Crippen molar-refractivity contribution in [3.05, 3.63) is 57.6 Å². The van der Waals surface area contributed by atoms with Crippen LogP contribution in [0.5, 0.6) is 11.5 Å². The molecule has 1 saturated carbocycles. The average Bonchev–Trinajstić information content (AvgIpc) is 2.86. The molecule has 0 unspecified atom stereocenters. The molecule has 5 nitrogen and oxygen atoms in total. The molecular formula is C36H52N2O3V. The summed E-state index contributed by atoms with van der Waals surface area (Å²) < 4.78 is 8.19. The van der Waals surface area contributed by atoms with E-state index in [9.17, 15) is 10.2 Å². The van der Waals surface area contributed by atoms with Gasteiger partial charge in [0.2, 0.25) is 0 Å². The zero-order chi connectivity index (χ0) is 32.3. The molecule has 0 heterocycles. The van der Waals surface area contributed by atoms with E-state index >= 15 is 0 Å². The van der Waals surface area contributed by atoms with Crippen LogP contribution in [0.4, 0.5) is 0 Å². The molecule has 2 aromatic rings. The van der Waals surface area contributed by atoms with Crippen molar-refractivity contribution in [1.29, 1.82) is 0 Å². The Morgan fingerprint density at radius 3 is 1.17 bits per heavy atom. The summed E-state index contributed by atoms with van der Waals surface area (Å²) in [5.74, 6) is 0.120. The summed E-state index contributed by atoms with van der Waals surface area (Å²) in [7, 11) is 0. The predicted octanol–water partition coefficient (Wildman–Crippen LogP) is 7.75. The number of rotatable bonds is 4. The van der Waals surface area contributed by atoms with Gasteiger partial charge in [-0.2, -0.15) is 0 Å². The van der Waals surface area contributed by atoms with Gasteiger partial charge in [-0.3, -0.25) is 9.98 Å². The monoisotopic (exact) mass is 611 g/mol. The SMILES string of the molecule is CC(C)(C)c1cc(C=N[C@@H]2CCCC[C@H]2N=Cc2cc(C(C)(C)C)cc(C(C)(C)C)c2[O-])c([O-])c(C(C)(C)C)c1.[O]=[V+2]. The molecule has 0 aromatic heterocycles. The van der Waals surface area contributed by atoms with Crippen LogP contribution in [-0.2, 0) is 42.7 Å². The summed E-state index contributed by atoms with van der Waals surface area (Å²) in [6.07, 6.45) is 7.63. The minimum atomic E-state index is -0.248. The van der Waals surface area contributed by atoms with Crippen LogP contribution in [0.1, 0.15) is 142 Å². The zero-order valence-electron chi connectivity index (χ0n) is 28.0. The van der Waals surface area contributed by atoms with Crippen LogP contribution in [0.25, 0.3) is 0 Å². The first kappa shape index (κ1) is 36.0. The van der Waals surface area contributed by atoms with Gasteiger partial charge in [0.25, 0.3) is 0 Å². The van der Waals surface area contributed by atoms with Crippen LogP contribution in [0.15, 0.2) is 34.3 Å². The van der Waals surface area contributed by atoms with Crippen molar-refractivity contribution >= 4 is 12.4 Å². The van der Waals surface area contributed by atoms with Gasteiger partial charge in [-0.05, 0) is 67.9 Å². The van der Waals surface area contributed by atoms with Gasteiger partial charge in [-0.25, -0.2) is 0 Å². The molecule has 1 aliphatic carbocycles. The van der Waals surface area contributed by atoms with Crippen molar-refractivity contribution in [1.82, 2.24) is 0 Å². The summed E-state index contributed by atoms with van der Waals surface area (Å²) in [5.41, 5.74) is 4.62. The van der Waals surface area contributed by atoms with Gasteiger partial charge < -0.3 is 10.2 Å². The van der Waals surface area contributed by atoms with Crippen LogP contribution in [0, 0.1) is 0 Å². The second-order valence-corrected chi connectivity index (χ2v) is 15.9. The Balaban J connectivity index is 0.00000301. The van der Waals surface area contributed by atoms with Gasteiger partial charge in [-0.1, -0.05) is 132 Å². The molecule has 1 aliphatic rings. The van der Waals surface area contributed by atoms with E-state index in [-0.39, 0.29) is 45.2 Å². The summed E-state index contributed by atoms with van der Waals surface area (Å²) in [4.78, 5) is 9.95. The van der Waals surface area contributed by atoms with Crippen LogP contribution in [0.3, 0.4) is 0 Å². The van der Waals surface area contributed by atoms with Crippen molar-refractivity contribution < 1.29 is 31.3 Å². The number of hydrogen-bond acceptors (Lipinski definition) is 5. The van der Waals surface area contributed by atoms with E-state index in [1.165, 1.54) is 0 Å². The number of nitrogens with zero attached hydrogens (tertiary/aromatic N) is 2. The van der Waals surface area contributed by atoms with Crippen LogP contribution in [-0.4, -0.2) is 24.5 Å². The summed E-state index contributed by atoms with van der Waals surface area (Å²) in [5, 5.41) is 26.9. The predicted molar refractivity (Wildman–Crippen MR) is 168 cm³/mol. The molecule has 0 saturated heterocycles. The number of benzene rings is 2. The molecule has 3 rings (SSSR count). The fraction of sp³-hybridized carbons (Fsp3) is 0.611. The van der Waals surface area contributed by atoms with Gasteiger partial charge in [0.05, 0.1) is 12.1 Å². The van der Waals surface area contributed by atoms with E-state index in [0.717, 1.165) is 65.3 Å². The third-order valence-electron chi connectivity index (χ3n) is 8.09. The van der Waals surface area contributed by atoms with E-state index in [2.05, 4.69) is 95.2 Å². The molecule has 0 aliphatic heterocycles. The van der Waals surface area contributed by atoms with Crippen LogP contribution >= 0.6 is 0 Å². The third-order valence-corrected chi connectivity index (χ3v) is 8.09. The minimum absolute atomic E-state index is 0.0104. The van der Waals surface area contributed by atoms with Gasteiger partial charge in [0.15, 0.2) is 0 Å². The van der Waals surface area contributed by atoms with Crippen molar-refractivity contribution in [2.45, 2.75) is 143 Å². The summed E-state index contributed by atoms with van der Waals surface area (Å²) >= 11 is 1.06. The zero-order valence-corrected chi connectivity index (χ0v) is 29.4. The molecule has 0 amide bonds. The first-order valence-corrected chi connectivity index (χ1v) is 15.7. The standard InChI is InChI=1S/C36H54N2O2.O.V/c1-33(2,3)25-17-23(31(39)27(19-25)35(7,8)9)21-37-29-15-13-14-16-30(29)38-22-24-18-26(34(4,5)6)20-28(32(24)40)36(10,11)12;;/h17-22,29-30,39-40H,13-16H2,1-12H3;;/q;;+2/p-2/t29-,30-;;/m1../s1. The van der Waals surface area contributed by atoms with Crippen molar-refractivity contribution in [2.24, 2.45) is 9.98 Å². The van der Waals surface area contributed by atoms with Crippen molar-refractivity contribution in [3.8, 4) is 11.5 Å². The topological polar surface area (TPSA) is 87.9 Å². The second-order valence-electron chi connectivity index (χ2n) is 15.9. The van der Waals surface area contributed by atoms with Gasteiger partial charge in [0, 0.05) is 12.4 Å². The van der Waals surface area contributed by atoms with Gasteiger partial charge >= 0.3 is 21.0 Å². The van der Waals surface area contributed by atoms with Crippen molar-refractivity contribution in [2.75, 3.05) is 0 Å². The molecular weight excluding hydrogens is 559 g/mol. The van der Waals surface area contributed by atoms with E-state index in [1.807, 2.05) is 12.1 Å². The van der Waals surface area contributed by atoms with E-state index in [4.69, 9.17) is 13.7 Å². The van der Waals surface area contributed by atoms with E-state index in [0.29, 0.717) is 11.1 Å². The molecule has 2 aromatic carbocycles.